The molecule has 1 aliphatic carbocycles. The van der Waals surface area contributed by atoms with Crippen LogP contribution in [0.4, 0.5) is 13.2 Å². The molecule has 2 aromatic rings. The summed E-state index contributed by atoms with van der Waals surface area (Å²) in [6.07, 6.45) is 10.8. The maximum atomic E-state index is 14.9. The van der Waals surface area contributed by atoms with E-state index in [-0.39, 0.29) is 5.56 Å². The van der Waals surface area contributed by atoms with Gasteiger partial charge in [-0.3, -0.25) is 0 Å². The molecule has 0 unspecified atom stereocenters. The van der Waals surface area contributed by atoms with Crippen LogP contribution in [0.5, 0.6) is 0 Å². The van der Waals surface area contributed by atoms with E-state index in [9.17, 15) is 13.2 Å². The number of fused-ring (bicyclic) bond motifs is 1. The lowest BCUT2D eigenvalue weighted by Crippen LogP contribution is -2.14. The van der Waals surface area contributed by atoms with Crippen LogP contribution >= 0.6 is 0 Å². The maximum absolute atomic E-state index is 14.9. The molecule has 0 N–H and O–H groups in total. The van der Waals surface area contributed by atoms with Gasteiger partial charge in [0.15, 0.2) is 5.83 Å². The Bertz CT molecular complexity index is 897. The molecule has 1 saturated carbocycles. The minimum atomic E-state index is -1.05. The van der Waals surface area contributed by atoms with Crippen LogP contribution < -0.4 is 0 Å². The smallest absolute Gasteiger partial charge is 0.165 e. The second-order valence-electron chi connectivity index (χ2n) is 7.21. The molecule has 0 nitrogen and oxygen atoms in total. The van der Waals surface area contributed by atoms with Crippen LogP contribution in [0, 0.1) is 17.7 Å². The van der Waals surface area contributed by atoms with Crippen molar-refractivity contribution in [2.75, 3.05) is 0 Å². The maximum Gasteiger partial charge on any atom is 0.165 e. The molecule has 0 bridgehead atoms. The Hall–Kier alpha value is -2.29. The lowest BCUT2D eigenvalue weighted by molar-refractivity contribution is 0.304. The zero-order valence-electron chi connectivity index (χ0n) is 15.8. The van der Waals surface area contributed by atoms with Gasteiger partial charge in [-0.05, 0) is 68.5 Å². The van der Waals surface area contributed by atoms with Gasteiger partial charge in [-0.25, -0.2) is 13.2 Å². The molecule has 3 rings (SSSR count). The van der Waals surface area contributed by atoms with E-state index >= 15 is 0 Å². The highest BCUT2D eigenvalue weighted by atomic mass is 19.2. The van der Waals surface area contributed by atoms with E-state index in [4.69, 9.17) is 0 Å². The van der Waals surface area contributed by atoms with Gasteiger partial charge in [0.25, 0.3) is 0 Å². The highest BCUT2D eigenvalue weighted by molar-refractivity contribution is 5.88. The molecule has 3 heteroatoms. The van der Waals surface area contributed by atoms with Crippen molar-refractivity contribution < 1.29 is 13.2 Å². The Balaban J connectivity index is 1.90. The number of rotatable bonds is 4. The number of allylic oxidation sites excluding steroid dienone is 4. The van der Waals surface area contributed by atoms with Crippen molar-refractivity contribution >= 4 is 22.7 Å². The van der Waals surface area contributed by atoms with E-state index < -0.39 is 23.4 Å². The summed E-state index contributed by atoms with van der Waals surface area (Å²) in [4.78, 5) is 0. The van der Waals surface area contributed by atoms with Gasteiger partial charge < -0.3 is 0 Å². The topological polar surface area (TPSA) is 0 Å². The van der Waals surface area contributed by atoms with Gasteiger partial charge in [0.05, 0.1) is 0 Å². The molecule has 0 radical (unpaired) electrons. The summed E-state index contributed by atoms with van der Waals surface area (Å²) in [7, 11) is 0. The summed E-state index contributed by atoms with van der Waals surface area (Å²) < 4.78 is 44.4. The normalized spacial score (nSPS) is 22.0. The highest BCUT2D eigenvalue weighted by Crippen LogP contribution is 2.39. The summed E-state index contributed by atoms with van der Waals surface area (Å²) in [6.45, 7) is 3.87. The quantitative estimate of drug-likeness (QED) is 0.478. The molecule has 27 heavy (non-hydrogen) atoms. The largest absolute Gasteiger partial charge is 0.208 e. The lowest BCUT2D eigenvalue weighted by Gasteiger charge is -2.26. The molecule has 0 amide bonds. The van der Waals surface area contributed by atoms with Gasteiger partial charge in [0.2, 0.25) is 0 Å². The molecular weight excluding hydrogens is 345 g/mol. The minimum Gasteiger partial charge on any atom is -0.208 e. The summed E-state index contributed by atoms with van der Waals surface area (Å²) in [5.74, 6) is -2.58. The zero-order valence-corrected chi connectivity index (χ0v) is 15.8. The van der Waals surface area contributed by atoms with Crippen LogP contribution in [0.1, 0.15) is 50.7 Å². The molecule has 0 heterocycles. The van der Waals surface area contributed by atoms with Crippen LogP contribution in [0.15, 0.2) is 54.4 Å². The second kappa shape index (κ2) is 8.60. The van der Waals surface area contributed by atoms with Crippen molar-refractivity contribution in [2.45, 2.75) is 39.5 Å². The minimum absolute atomic E-state index is 0.283. The van der Waals surface area contributed by atoms with Crippen molar-refractivity contribution in [1.29, 1.82) is 0 Å². The lowest BCUT2D eigenvalue weighted by atomic mass is 9.81. The summed E-state index contributed by atoms with van der Waals surface area (Å²) >= 11 is 0. The Morgan fingerprint density at radius 3 is 2.37 bits per heavy atom. The van der Waals surface area contributed by atoms with Crippen molar-refractivity contribution in [3.05, 3.63) is 71.3 Å². The molecule has 142 valence electrons. The molecule has 0 atom stereocenters. The van der Waals surface area contributed by atoms with Crippen LogP contribution in [0.25, 0.3) is 22.7 Å². The molecular formula is C24H25F3. The van der Waals surface area contributed by atoms with Crippen LogP contribution in [0.3, 0.4) is 0 Å². The zero-order chi connectivity index (χ0) is 19.4. The van der Waals surface area contributed by atoms with Crippen molar-refractivity contribution in [2.24, 2.45) is 11.8 Å². The Labute approximate surface area is 159 Å². The third kappa shape index (κ3) is 4.18. The standard InChI is InChI=1S/C24H25F3/c1-3-5-16-7-10-18(11-8-16)22(25)24(27)21-14-12-19-15-17(6-4-2)9-13-20(19)23(21)26/h3-6,9,12-16,18H,7-8,10-11H2,1-2H3/b5-3+,6-4+,24-22?. The predicted molar refractivity (Wildman–Crippen MR) is 108 cm³/mol. The number of hydrogen-bond acceptors (Lipinski definition) is 0. The predicted octanol–water partition coefficient (Wildman–Crippen LogP) is 8.00. The number of benzene rings is 2. The first-order valence-electron chi connectivity index (χ1n) is 9.58. The first kappa shape index (κ1) is 19.5. The van der Waals surface area contributed by atoms with Gasteiger partial charge in [-0.15, -0.1) is 0 Å². The van der Waals surface area contributed by atoms with Gasteiger partial charge >= 0.3 is 0 Å². The Morgan fingerprint density at radius 1 is 0.963 bits per heavy atom. The third-order valence-electron chi connectivity index (χ3n) is 5.38. The van der Waals surface area contributed by atoms with E-state index in [1.165, 1.54) is 6.07 Å². The SMILES string of the molecule is C/C=C/c1ccc2c(F)c(C(F)=C(F)C3CCC(/C=C/C)CC3)ccc2c1. The summed E-state index contributed by atoms with van der Waals surface area (Å²) in [6, 6.07) is 8.23. The molecule has 0 spiro atoms. The fourth-order valence-electron chi connectivity index (χ4n) is 3.92. The van der Waals surface area contributed by atoms with E-state index in [2.05, 4.69) is 6.08 Å². The highest BCUT2D eigenvalue weighted by Gasteiger charge is 2.27. The van der Waals surface area contributed by atoms with E-state index in [1.54, 1.807) is 18.2 Å². The molecule has 0 aromatic heterocycles. The molecule has 2 aromatic carbocycles. The van der Waals surface area contributed by atoms with Gasteiger partial charge in [0.1, 0.15) is 11.6 Å². The van der Waals surface area contributed by atoms with Crippen LogP contribution in [-0.2, 0) is 0 Å². The Kier molecular flexibility index (Phi) is 6.20. The molecule has 1 aliphatic rings. The second-order valence-corrected chi connectivity index (χ2v) is 7.21. The fourth-order valence-corrected chi connectivity index (χ4v) is 3.92. The molecule has 0 saturated heterocycles. The van der Waals surface area contributed by atoms with Crippen LogP contribution in [-0.4, -0.2) is 0 Å². The van der Waals surface area contributed by atoms with Crippen LogP contribution in [0.2, 0.25) is 0 Å². The summed E-state index contributed by atoms with van der Waals surface area (Å²) in [5.41, 5.74) is 0.659. The fraction of sp³-hybridized carbons (Fsp3) is 0.333. The number of hydrogen-bond donors (Lipinski definition) is 0. The average Bonchev–Trinajstić information content (AvgIpc) is 2.68. The monoisotopic (exact) mass is 370 g/mol. The molecule has 0 aliphatic heterocycles. The average molecular weight is 370 g/mol. The van der Waals surface area contributed by atoms with Crippen molar-refractivity contribution in [3.8, 4) is 0 Å². The first-order chi connectivity index (χ1) is 13.0. The first-order valence-corrected chi connectivity index (χ1v) is 9.58. The van der Waals surface area contributed by atoms with E-state index in [0.717, 1.165) is 18.4 Å². The number of halogens is 3. The van der Waals surface area contributed by atoms with E-state index in [0.29, 0.717) is 29.5 Å². The Morgan fingerprint density at radius 2 is 1.70 bits per heavy atom. The van der Waals surface area contributed by atoms with Crippen molar-refractivity contribution in [1.82, 2.24) is 0 Å². The van der Waals surface area contributed by atoms with Crippen molar-refractivity contribution in [3.63, 3.8) is 0 Å². The van der Waals surface area contributed by atoms with Gasteiger partial charge in [-0.2, -0.15) is 0 Å². The van der Waals surface area contributed by atoms with Gasteiger partial charge in [-0.1, -0.05) is 42.5 Å². The summed E-state index contributed by atoms with van der Waals surface area (Å²) in [5, 5.41) is 0.979. The molecule has 1 fully saturated rings. The third-order valence-corrected chi connectivity index (χ3v) is 5.38. The van der Waals surface area contributed by atoms with E-state index in [1.807, 2.05) is 38.1 Å². The van der Waals surface area contributed by atoms with Gasteiger partial charge in [0, 0.05) is 16.9 Å².